The van der Waals surface area contributed by atoms with Gasteiger partial charge in [0.1, 0.15) is 5.82 Å². The number of pyridine rings is 1. The highest BCUT2D eigenvalue weighted by Crippen LogP contribution is 2.32. The van der Waals surface area contributed by atoms with Gasteiger partial charge in [-0.05, 0) is 37.3 Å². The van der Waals surface area contributed by atoms with Gasteiger partial charge in [-0.15, -0.1) is 0 Å². The van der Waals surface area contributed by atoms with E-state index < -0.39 is 0 Å². The van der Waals surface area contributed by atoms with Gasteiger partial charge in [-0.1, -0.05) is 0 Å². The Morgan fingerprint density at radius 2 is 1.90 bits per heavy atom. The second-order valence-electron chi connectivity index (χ2n) is 4.84. The monoisotopic (exact) mass is 278 g/mol. The average Bonchev–Trinajstić information content (AvgIpc) is 2.84. The Bertz CT molecular complexity index is 975. The summed E-state index contributed by atoms with van der Waals surface area (Å²) in [6, 6.07) is 8.49. The number of rotatable bonds is 1. The summed E-state index contributed by atoms with van der Waals surface area (Å²) in [6.07, 6.45) is 5.23. The van der Waals surface area contributed by atoms with Crippen molar-refractivity contribution in [3.8, 4) is 11.1 Å². The number of hydrogen-bond acceptors (Lipinski definition) is 3. The maximum absolute atomic E-state index is 13.9. The molecule has 5 heteroatoms. The molecule has 4 aromatic rings. The van der Waals surface area contributed by atoms with Crippen LogP contribution >= 0.6 is 0 Å². The quantitative estimate of drug-likeness (QED) is 0.536. The molecule has 4 rings (SSSR count). The van der Waals surface area contributed by atoms with E-state index in [4.69, 9.17) is 0 Å². The standard InChI is InChI=1S/C16H11FN4/c1-10-14(16-19-8-3-9-21(16)20-10)12-5-6-13(17)11-4-2-7-18-15(11)12/h2-9H,1H3. The molecule has 3 heterocycles. The summed E-state index contributed by atoms with van der Waals surface area (Å²) in [5.41, 5.74) is 3.94. The normalized spacial score (nSPS) is 11.3. The second-order valence-corrected chi connectivity index (χ2v) is 4.84. The van der Waals surface area contributed by atoms with Crippen molar-refractivity contribution in [2.75, 3.05) is 0 Å². The molecule has 0 amide bonds. The molecule has 4 nitrogen and oxygen atoms in total. The fourth-order valence-corrected chi connectivity index (χ4v) is 2.65. The molecule has 0 unspecified atom stereocenters. The van der Waals surface area contributed by atoms with Crippen LogP contribution in [-0.2, 0) is 0 Å². The molecule has 21 heavy (non-hydrogen) atoms. The minimum atomic E-state index is -0.274. The van der Waals surface area contributed by atoms with Crippen molar-refractivity contribution in [2.45, 2.75) is 6.92 Å². The SMILES string of the molecule is Cc1nn2cccnc2c1-c1ccc(F)c2cccnc12. The third kappa shape index (κ3) is 1.71. The van der Waals surface area contributed by atoms with E-state index in [0.717, 1.165) is 22.5 Å². The van der Waals surface area contributed by atoms with Crippen LogP contribution in [0.1, 0.15) is 5.69 Å². The number of halogens is 1. The first-order valence-corrected chi connectivity index (χ1v) is 6.59. The Balaban J connectivity index is 2.15. The number of nitrogens with zero attached hydrogens (tertiary/aromatic N) is 4. The van der Waals surface area contributed by atoms with Crippen LogP contribution in [0.2, 0.25) is 0 Å². The van der Waals surface area contributed by atoms with Crippen molar-refractivity contribution in [2.24, 2.45) is 0 Å². The lowest BCUT2D eigenvalue weighted by atomic mass is 10.0. The first kappa shape index (κ1) is 12.0. The third-order valence-corrected chi connectivity index (χ3v) is 3.56. The summed E-state index contributed by atoms with van der Waals surface area (Å²) >= 11 is 0. The molecular weight excluding hydrogens is 267 g/mol. The molecule has 0 fully saturated rings. The Kier molecular flexibility index (Phi) is 2.47. The maximum Gasteiger partial charge on any atom is 0.163 e. The second kappa shape index (κ2) is 4.34. The number of benzene rings is 1. The molecule has 0 atom stereocenters. The number of fused-ring (bicyclic) bond motifs is 2. The molecule has 0 N–H and O–H groups in total. The first-order valence-electron chi connectivity index (χ1n) is 6.59. The van der Waals surface area contributed by atoms with E-state index in [9.17, 15) is 4.39 Å². The molecule has 0 aliphatic rings. The van der Waals surface area contributed by atoms with Crippen molar-refractivity contribution < 1.29 is 4.39 Å². The van der Waals surface area contributed by atoms with E-state index in [-0.39, 0.29) is 5.82 Å². The molecule has 0 bridgehead atoms. The van der Waals surface area contributed by atoms with Crippen LogP contribution in [0.4, 0.5) is 4.39 Å². The zero-order chi connectivity index (χ0) is 14.4. The van der Waals surface area contributed by atoms with E-state index in [2.05, 4.69) is 15.1 Å². The van der Waals surface area contributed by atoms with Gasteiger partial charge in [0.05, 0.1) is 16.8 Å². The predicted octanol–water partition coefficient (Wildman–Crippen LogP) is 3.39. The van der Waals surface area contributed by atoms with E-state index in [1.165, 1.54) is 6.07 Å². The highest BCUT2D eigenvalue weighted by atomic mass is 19.1. The van der Waals surface area contributed by atoms with Crippen LogP contribution in [0.3, 0.4) is 0 Å². The van der Waals surface area contributed by atoms with Gasteiger partial charge < -0.3 is 0 Å². The van der Waals surface area contributed by atoms with Crippen LogP contribution in [-0.4, -0.2) is 19.6 Å². The summed E-state index contributed by atoms with van der Waals surface area (Å²) in [5.74, 6) is -0.274. The largest absolute Gasteiger partial charge is 0.255 e. The molecule has 0 saturated carbocycles. The van der Waals surface area contributed by atoms with Gasteiger partial charge in [-0.25, -0.2) is 13.9 Å². The van der Waals surface area contributed by atoms with Crippen LogP contribution in [0.5, 0.6) is 0 Å². The molecule has 0 saturated heterocycles. The van der Waals surface area contributed by atoms with Crippen molar-refractivity contribution >= 4 is 16.6 Å². The van der Waals surface area contributed by atoms with Crippen LogP contribution in [0.15, 0.2) is 48.9 Å². The van der Waals surface area contributed by atoms with Crippen LogP contribution < -0.4 is 0 Å². The number of hydrogen-bond donors (Lipinski definition) is 0. The van der Waals surface area contributed by atoms with Crippen molar-refractivity contribution in [1.82, 2.24) is 19.6 Å². The van der Waals surface area contributed by atoms with Gasteiger partial charge >= 0.3 is 0 Å². The fourth-order valence-electron chi connectivity index (χ4n) is 2.65. The summed E-state index contributed by atoms with van der Waals surface area (Å²) in [4.78, 5) is 8.73. The lowest BCUT2D eigenvalue weighted by Crippen LogP contribution is -1.90. The zero-order valence-electron chi connectivity index (χ0n) is 11.3. The molecule has 0 aliphatic carbocycles. The molecule has 3 aromatic heterocycles. The molecular formula is C16H11FN4. The number of aryl methyl sites for hydroxylation is 1. The summed E-state index contributed by atoms with van der Waals surface area (Å²) in [6.45, 7) is 1.92. The van der Waals surface area contributed by atoms with Crippen LogP contribution in [0, 0.1) is 12.7 Å². The Morgan fingerprint density at radius 3 is 2.81 bits per heavy atom. The molecule has 1 aromatic carbocycles. The first-order chi connectivity index (χ1) is 10.3. The minimum absolute atomic E-state index is 0.274. The highest BCUT2D eigenvalue weighted by molar-refractivity contribution is 5.98. The predicted molar refractivity (Wildman–Crippen MR) is 78.4 cm³/mol. The molecule has 0 aliphatic heterocycles. The van der Waals surface area contributed by atoms with Gasteiger partial charge in [-0.2, -0.15) is 5.10 Å². The lowest BCUT2D eigenvalue weighted by molar-refractivity contribution is 0.639. The summed E-state index contributed by atoms with van der Waals surface area (Å²) in [5, 5.41) is 4.96. The van der Waals surface area contributed by atoms with Crippen molar-refractivity contribution in [1.29, 1.82) is 0 Å². The maximum atomic E-state index is 13.9. The highest BCUT2D eigenvalue weighted by Gasteiger charge is 2.16. The van der Waals surface area contributed by atoms with Crippen molar-refractivity contribution in [3.05, 3.63) is 60.4 Å². The van der Waals surface area contributed by atoms with Crippen molar-refractivity contribution in [3.63, 3.8) is 0 Å². The third-order valence-electron chi connectivity index (χ3n) is 3.56. The van der Waals surface area contributed by atoms with Gasteiger partial charge in [0.25, 0.3) is 0 Å². The van der Waals surface area contributed by atoms with Gasteiger partial charge in [0.15, 0.2) is 5.65 Å². The van der Waals surface area contributed by atoms with Gasteiger partial charge in [-0.3, -0.25) is 4.98 Å². The minimum Gasteiger partial charge on any atom is -0.255 e. The van der Waals surface area contributed by atoms with E-state index in [0.29, 0.717) is 10.9 Å². The fraction of sp³-hybridized carbons (Fsp3) is 0.0625. The summed E-state index contributed by atoms with van der Waals surface area (Å²) in [7, 11) is 0. The summed E-state index contributed by atoms with van der Waals surface area (Å²) < 4.78 is 15.7. The smallest absolute Gasteiger partial charge is 0.163 e. The average molecular weight is 278 g/mol. The molecule has 0 radical (unpaired) electrons. The van der Waals surface area contributed by atoms with E-state index >= 15 is 0 Å². The van der Waals surface area contributed by atoms with Gasteiger partial charge in [0, 0.05) is 29.5 Å². The Labute approximate surface area is 119 Å². The van der Waals surface area contributed by atoms with E-state index in [1.807, 2.05) is 19.2 Å². The molecule has 102 valence electrons. The zero-order valence-corrected chi connectivity index (χ0v) is 11.3. The lowest BCUT2D eigenvalue weighted by Gasteiger charge is -2.06. The Morgan fingerprint density at radius 1 is 1.05 bits per heavy atom. The number of aromatic nitrogens is 4. The van der Waals surface area contributed by atoms with E-state index in [1.54, 1.807) is 35.1 Å². The topological polar surface area (TPSA) is 43.1 Å². The van der Waals surface area contributed by atoms with Crippen LogP contribution in [0.25, 0.3) is 27.7 Å². The Hall–Kier alpha value is -2.82. The van der Waals surface area contributed by atoms with Gasteiger partial charge in [0.2, 0.25) is 0 Å². The molecule has 0 spiro atoms.